The van der Waals surface area contributed by atoms with Gasteiger partial charge in [0.2, 0.25) is 0 Å². The molecular formula is C11H13BrClNO2. The highest BCUT2D eigenvalue weighted by atomic mass is 79.9. The molecule has 0 unspecified atom stereocenters. The Morgan fingerprint density at radius 2 is 2.25 bits per heavy atom. The van der Waals surface area contributed by atoms with Crippen molar-refractivity contribution in [3.8, 4) is 5.75 Å². The number of hydrogen-bond acceptors (Lipinski definition) is 2. The van der Waals surface area contributed by atoms with Gasteiger partial charge >= 0.3 is 0 Å². The zero-order chi connectivity index (χ0) is 12.1. The van der Waals surface area contributed by atoms with Crippen molar-refractivity contribution in [2.24, 2.45) is 0 Å². The number of carbonyl (C=O) groups excluding carboxylic acids is 1. The predicted octanol–water partition coefficient (Wildman–Crippen LogP) is 3.30. The van der Waals surface area contributed by atoms with Crippen molar-refractivity contribution < 1.29 is 9.53 Å². The van der Waals surface area contributed by atoms with E-state index in [1.54, 1.807) is 7.11 Å². The highest BCUT2D eigenvalue weighted by Gasteiger charge is 2.07. The van der Waals surface area contributed by atoms with Gasteiger partial charge in [0.1, 0.15) is 5.75 Å². The number of rotatable bonds is 4. The van der Waals surface area contributed by atoms with Gasteiger partial charge in [-0.05, 0) is 36.6 Å². The molecule has 0 aromatic heterocycles. The number of aryl methyl sites for hydroxylation is 1. The second-order valence-corrected chi connectivity index (χ2v) is 4.49. The summed E-state index contributed by atoms with van der Waals surface area (Å²) in [5, 5.41) is 3.37. The topological polar surface area (TPSA) is 38.3 Å². The molecule has 1 aromatic rings. The Bertz CT molecular complexity index is 396. The third kappa shape index (κ3) is 3.68. The minimum absolute atomic E-state index is 0.218. The lowest BCUT2D eigenvalue weighted by Gasteiger charge is -2.10. The lowest BCUT2D eigenvalue weighted by Crippen LogP contribution is -2.19. The Balaban J connectivity index is 2.77. The first-order chi connectivity index (χ1) is 7.54. The fraction of sp³-hybridized carbons (Fsp3) is 0.364. The monoisotopic (exact) mass is 305 g/mol. The van der Waals surface area contributed by atoms with E-state index in [1.165, 1.54) is 0 Å². The Kier molecular flexibility index (Phi) is 5.09. The third-order valence-electron chi connectivity index (χ3n) is 2.22. The molecular weight excluding hydrogens is 293 g/mol. The van der Waals surface area contributed by atoms with Crippen LogP contribution in [0.4, 0.5) is 4.79 Å². The molecule has 1 amide bonds. The molecule has 3 nitrogen and oxygen atoms in total. The lowest BCUT2D eigenvalue weighted by molar-refractivity contribution is 0.262. The molecule has 0 saturated heterocycles. The van der Waals surface area contributed by atoms with Gasteiger partial charge in [0, 0.05) is 27.5 Å². The van der Waals surface area contributed by atoms with Gasteiger partial charge < -0.3 is 10.1 Å². The van der Waals surface area contributed by atoms with Gasteiger partial charge in [-0.3, -0.25) is 4.79 Å². The van der Waals surface area contributed by atoms with Gasteiger partial charge in [0.25, 0.3) is 4.82 Å². The summed E-state index contributed by atoms with van der Waals surface area (Å²) < 4.78 is 5.26. The van der Waals surface area contributed by atoms with Crippen LogP contribution in [0, 0.1) is 6.92 Å². The molecule has 0 spiro atoms. The van der Waals surface area contributed by atoms with E-state index in [0.29, 0.717) is 18.0 Å². The molecule has 1 rings (SSSR count). The number of benzene rings is 1. The minimum atomic E-state index is -0.218. The largest absolute Gasteiger partial charge is 0.496 e. The van der Waals surface area contributed by atoms with Gasteiger partial charge in [-0.15, -0.1) is 0 Å². The van der Waals surface area contributed by atoms with Crippen LogP contribution in [0.2, 0.25) is 5.02 Å². The third-order valence-corrected chi connectivity index (χ3v) is 2.91. The van der Waals surface area contributed by atoms with Crippen LogP contribution in [-0.2, 0) is 6.42 Å². The first kappa shape index (κ1) is 13.3. The van der Waals surface area contributed by atoms with Crippen LogP contribution in [0.25, 0.3) is 0 Å². The minimum Gasteiger partial charge on any atom is -0.496 e. The molecule has 0 aliphatic carbocycles. The van der Waals surface area contributed by atoms with E-state index < -0.39 is 0 Å². The summed E-state index contributed by atoms with van der Waals surface area (Å²) in [6, 6.07) is 3.77. The van der Waals surface area contributed by atoms with Crippen LogP contribution >= 0.6 is 27.5 Å². The number of ether oxygens (including phenoxy) is 1. The molecule has 5 heteroatoms. The van der Waals surface area contributed by atoms with E-state index in [-0.39, 0.29) is 4.82 Å². The summed E-state index contributed by atoms with van der Waals surface area (Å²) in [7, 11) is 1.62. The van der Waals surface area contributed by atoms with E-state index in [1.807, 2.05) is 19.1 Å². The summed E-state index contributed by atoms with van der Waals surface area (Å²) in [6.45, 7) is 2.47. The van der Waals surface area contributed by atoms with Gasteiger partial charge in [0.05, 0.1) is 7.11 Å². The van der Waals surface area contributed by atoms with Gasteiger partial charge in [-0.1, -0.05) is 11.6 Å². The van der Waals surface area contributed by atoms with E-state index in [0.717, 1.165) is 16.9 Å². The smallest absolute Gasteiger partial charge is 0.287 e. The molecule has 88 valence electrons. The van der Waals surface area contributed by atoms with Gasteiger partial charge in [-0.2, -0.15) is 0 Å². The number of hydrogen-bond donors (Lipinski definition) is 1. The zero-order valence-electron chi connectivity index (χ0n) is 9.14. The van der Waals surface area contributed by atoms with Crippen LogP contribution in [-0.4, -0.2) is 18.5 Å². The number of methoxy groups -OCH3 is 1. The number of nitrogens with one attached hydrogen (secondary N) is 1. The van der Waals surface area contributed by atoms with Crippen molar-refractivity contribution >= 4 is 32.3 Å². The van der Waals surface area contributed by atoms with Crippen molar-refractivity contribution in [3.63, 3.8) is 0 Å². The average Bonchev–Trinajstić information content (AvgIpc) is 2.22. The van der Waals surface area contributed by atoms with Crippen molar-refractivity contribution in [1.29, 1.82) is 0 Å². The predicted molar refractivity (Wildman–Crippen MR) is 68.8 cm³/mol. The molecule has 0 atom stereocenters. The molecule has 0 aliphatic heterocycles. The number of amides is 1. The van der Waals surface area contributed by atoms with E-state index in [4.69, 9.17) is 16.3 Å². The summed E-state index contributed by atoms with van der Waals surface area (Å²) >= 11 is 8.83. The molecule has 0 fully saturated rings. The summed E-state index contributed by atoms with van der Waals surface area (Å²) in [6.07, 6.45) is 0.681. The summed E-state index contributed by atoms with van der Waals surface area (Å²) in [5.41, 5.74) is 1.96. The Morgan fingerprint density at radius 3 is 2.81 bits per heavy atom. The van der Waals surface area contributed by atoms with E-state index in [2.05, 4.69) is 21.2 Å². The fourth-order valence-electron chi connectivity index (χ4n) is 1.38. The van der Waals surface area contributed by atoms with Crippen LogP contribution in [0.1, 0.15) is 11.1 Å². The zero-order valence-corrected chi connectivity index (χ0v) is 11.5. The van der Waals surface area contributed by atoms with Crippen LogP contribution < -0.4 is 10.1 Å². The van der Waals surface area contributed by atoms with Crippen LogP contribution in [0.3, 0.4) is 0 Å². The number of halogens is 2. The van der Waals surface area contributed by atoms with Gasteiger partial charge in [0.15, 0.2) is 0 Å². The maximum atomic E-state index is 10.7. The fourth-order valence-corrected chi connectivity index (χ4v) is 1.76. The molecule has 1 N–H and O–H groups in total. The standard InChI is InChI=1S/C11H13BrClNO2/c1-7-5-10(16-2)8(6-9(7)13)3-4-14-11(12)15/h5-6H,3-4H2,1-2H3,(H,14,15). The highest BCUT2D eigenvalue weighted by Crippen LogP contribution is 2.26. The van der Waals surface area contributed by atoms with E-state index >= 15 is 0 Å². The SMILES string of the molecule is COc1cc(C)c(Cl)cc1CCNC(=O)Br. The maximum absolute atomic E-state index is 10.7. The first-order valence-corrected chi connectivity index (χ1v) is 5.98. The highest BCUT2D eigenvalue weighted by molar-refractivity contribution is 9.18. The molecule has 1 aromatic carbocycles. The Morgan fingerprint density at radius 1 is 1.56 bits per heavy atom. The normalized spacial score (nSPS) is 10.0. The number of carbonyl (C=O) groups is 1. The lowest BCUT2D eigenvalue weighted by atomic mass is 10.1. The van der Waals surface area contributed by atoms with Crippen LogP contribution in [0.5, 0.6) is 5.75 Å². The Labute approximate surface area is 108 Å². The second kappa shape index (κ2) is 6.11. The molecule has 0 aliphatic rings. The molecule has 16 heavy (non-hydrogen) atoms. The average molecular weight is 307 g/mol. The second-order valence-electron chi connectivity index (χ2n) is 3.36. The van der Waals surface area contributed by atoms with Crippen molar-refractivity contribution in [2.75, 3.05) is 13.7 Å². The summed E-state index contributed by atoms with van der Waals surface area (Å²) in [4.78, 5) is 10.4. The maximum Gasteiger partial charge on any atom is 0.287 e. The van der Waals surface area contributed by atoms with Crippen molar-refractivity contribution in [2.45, 2.75) is 13.3 Å². The van der Waals surface area contributed by atoms with Gasteiger partial charge in [-0.25, -0.2) is 0 Å². The molecule has 0 radical (unpaired) electrons. The van der Waals surface area contributed by atoms with Crippen molar-refractivity contribution in [3.05, 3.63) is 28.3 Å². The van der Waals surface area contributed by atoms with Crippen molar-refractivity contribution in [1.82, 2.24) is 5.32 Å². The van der Waals surface area contributed by atoms with E-state index in [9.17, 15) is 4.79 Å². The Hall–Kier alpha value is -0.740. The first-order valence-electron chi connectivity index (χ1n) is 4.81. The summed E-state index contributed by atoms with van der Waals surface area (Å²) in [5.74, 6) is 0.797. The molecule has 0 saturated carbocycles. The molecule has 0 heterocycles. The van der Waals surface area contributed by atoms with Crippen LogP contribution in [0.15, 0.2) is 12.1 Å². The quantitative estimate of drug-likeness (QED) is 0.684. The molecule has 0 bridgehead atoms.